The van der Waals surface area contributed by atoms with Crippen LogP contribution < -0.4 is 4.74 Å². The van der Waals surface area contributed by atoms with Gasteiger partial charge in [0, 0.05) is 19.2 Å². The van der Waals surface area contributed by atoms with Crippen LogP contribution in [0.4, 0.5) is 0 Å². The number of rotatable bonds is 10. The van der Waals surface area contributed by atoms with Crippen molar-refractivity contribution in [1.29, 1.82) is 0 Å². The van der Waals surface area contributed by atoms with Gasteiger partial charge in [-0.3, -0.25) is 9.69 Å². The molecule has 2 aliphatic heterocycles. The van der Waals surface area contributed by atoms with E-state index in [2.05, 4.69) is 0 Å². The minimum Gasteiger partial charge on any atom is -0.507 e. The molecular weight excluding hydrogens is 428 g/mol. The first-order valence-corrected chi connectivity index (χ1v) is 11.4. The normalized spacial score (nSPS) is 23.3. The van der Waals surface area contributed by atoms with Crippen molar-refractivity contribution in [2.24, 2.45) is 4.99 Å². The first-order valence-electron chi connectivity index (χ1n) is 11.4. The van der Waals surface area contributed by atoms with Gasteiger partial charge in [-0.1, -0.05) is 0 Å². The Bertz CT molecular complexity index is 837. The van der Waals surface area contributed by atoms with Gasteiger partial charge in [-0.2, -0.15) is 0 Å². The molecule has 0 radical (unpaired) electrons. The zero-order valence-electron chi connectivity index (χ0n) is 20.2. The average molecular weight is 465 g/mol. The third-order valence-electron chi connectivity index (χ3n) is 5.68. The Morgan fingerprint density at radius 1 is 1.21 bits per heavy atom. The van der Waals surface area contributed by atoms with E-state index >= 15 is 0 Å². The molecule has 0 unspecified atom stereocenters. The Hall–Kier alpha value is -2.36. The van der Waals surface area contributed by atoms with Crippen molar-refractivity contribution in [2.75, 3.05) is 47.2 Å². The molecule has 3 atom stereocenters. The summed E-state index contributed by atoms with van der Waals surface area (Å²) in [5.41, 5.74) is 0.00735. The number of aromatic hydroxyl groups is 1. The van der Waals surface area contributed by atoms with Crippen molar-refractivity contribution in [3.63, 3.8) is 0 Å². The summed E-state index contributed by atoms with van der Waals surface area (Å²) in [4.78, 5) is 19.3. The van der Waals surface area contributed by atoms with Gasteiger partial charge in [0.2, 0.25) is 5.90 Å². The number of nitrogens with zero attached hydrogens (tertiary/aromatic N) is 2. The van der Waals surface area contributed by atoms with Crippen LogP contribution in [0, 0.1) is 0 Å². The molecule has 1 saturated heterocycles. The monoisotopic (exact) mass is 464 g/mol. The van der Waals surface area contributed by atoms with Crippen molar-refractivity contribution in [2.45, 2.75) is 57.3 Å². The number of hydrogen-bond donors (Lipinski definition) is 1. The summed E-state index contributed by atoms with van der Waals surface area (Å²) in [6.07, 6.45) is 1.56. The number of phenolic OH excluding ortho intramolecular Hbond substituents is 1. The number of hydrogen-bond acceptors (Lipinski definition) is 9. The topological polar surface area (TPSA) is 99.0 Å². The molecule has 1 N–H and O–H groups in total. The number of likely N-dealkylation sites (N-methyl/N-ethyl adjacent to an activating group) is 1. The molecule has 1 aromatic carbocycles. The second kappa shape index (κ2) is 11.2. The number of esters is 1. The molecule has 9 heteroatoms. The number of likely N-dealkylation sites (tertiary alicyclic amines) is 1. The number of carbonyl (C=O) groups excluding carboxylic acids is 1. The van der Waals surface area contributed by atoms with Crippen LogP contribution in [-0.4, -0.2) is 92.8 Å². The second-order valence-electron chi connectivity index (χ2n) is 9.30. The number of carbonyl (C=O) groups is 1. The molecule has 184 valence electrons. The molecule has 3 rings (SSSR count). The lowest BCUT2D eigenvalue weighted by Gasteiger charge is -2.29. The van der Waals surface area contributed by atoms with Gasteiger partial charge in [0.1, 0.15) is 42.4 Å². The van der Waals surface area contributed by atoms with E-state index in [1.807, 2.05) is 32.7 Å². The molecule has 0 spiro atoms. The minimum absolute atomic E-state index is 0.0404. The minimum atomic E-state index is -0.512. The van der Waals surface area contributed by atoms with Crippen LogP contribution in [0.25, 0.3) is 0 Å². The third kappa shape index (κ3) is 6.82. The molecule has 1 fully saturated rings. The Balaban J connectivity index is 1.56. The Morgan fingerprint density at radius 3 is 2.67 bits per heavy atom. The fraction of sp³-hybridized carbons (Fsp3) is 0.667. The highest BCUT2D eigenvalue weighted by Crippen LogP contribution is 2.32. The molecule has 1 aromatic rings. The quantitative estimate of drug-likeness (QED) is 0.416. The lowest BCUT2D eigenvalue weighted by atomic mass is 10.1. The van der Waals surface area contributed by atoms with Crippen molar-refractivity contribution >= 4 is 11.9 Å². The van der Waals surface area contributed by atoms with E-state index in [9.17, 15) is 9.90 Å². The van der Waals surface area contributed by atoms with Gasteiger partial charge in [-0.05, 0) is 52.8 Å². The summed E-state index contributed by atoms with van der Waals surface area (Å²) in [6, 6.07) is 4.73. The lowest BCUT2D eigenvalue weighted by Crippen LogP contribution is -2.45. The van der Waals surface area contributed by atoms with E-state index in [0.29, 0.717) is 50.2 Å². The number of methoxy groups -OCH3 is 1. The summed E-state index contributed by atoms with van der Waals surface area (Å²) in [6.45, 7) is 7.88. The molecule has 0 bridgehead atoms. The first kappa shape index (κ1) is 25.3. The first-order chi connectivity index (χ1) is 15.7. The summed E-state index contributed by atoms with van der Waals surface area (Å²) < 4.78 is 27.3. The van der Waals surface area contributed by atoms with E-state index in [4.69, 9.17) is 28.7 Å². The van der Waals surface area contributed by atoms with Crippen molar-refractivity contribution < 1.29 is 33.6 Å². The molecule has 0 amide bonds. The van der Waals surface area contributed by atoms with Crippen molar-refractivity contribution in [1.82, 2.24) is 4.90 Å². The van der Waals surface area contributed by atoms with E-state index in [-0.39, 0.29) is 29.8 Å². The maximum atomic E-state index is 12.5. The Labute approximate surface area is 195 Å². The number of phenols is 1. The highest BCUT2D eigenvalue weighted by Gasteiger charge is 2.42. The van der Waals surface area contributed by atoms with E-state index < -0.39 is 5.60 Å². The summed E-state index contributed by atoms with van der Waals surface area (Å²) in [5.74, 6) is 0.782. The second-order valence-corrected chi connectivity index (χ2v) is 9.30. The van der Waals surface area contributed by atoms with E-state index in [1.54, 1.807) is 25.3 Å². The van der Waals surface area contributed by atoms with Gasteiger partial charge in [0.15, 0.2) is 0 Å². The van der Waals surface area contributed by atoms with Gasteiger partial charge in [0.05, 0.1) is 25.4 Å². The van der Waals surface area contributed by atoms with Gasteiger partial charge in [-0.25, -0.2) is 4.99 Å². The average Bonchev–Trinajstić information content (AvgIpc) is 3.36. The molecule has 9 nitrogen and oxygen atoms in total. The predicted octanol–water partition coefficient (Wildman–Crippen LogP) is 2.38. The van der Waals surface area contributed by atoms with Gasteiger partial charge < -0.3 is 28.8 Å². The van der Waals surface area contributed by atoms with Crippen LogP contribution in [0.2, 0.25) is 0 Å². The largest absolute Gasteiger partial charge is 0.507 e. The summed E-state index contributed by atoms with van der Waals surface area (Å²) in [5, 5.41) is 10.5. The Morgan fingerprint density at radius 2 is 1.97 bits per heavy atom. The lowest BCUT2D eigenvalue weighted by molar-refractivity contribution is -0.160. The van der Waals surface area contributed by atoms with Gasteiger partial charge in [-0.15, -0.1) is 0 Å². The highest BCUT2D eigenvalue weighted by molar-refractivity contribution is 5.98. The zero-order chi connectivity index (χ0) is 24.0. The molecule has 2 heterocycles. The summed E-state index contributed by atoms with van der Waals surface area (Å²) in [7, 11) is 3.56. The molecule has 0 aliphatic carbocycles. The van der Waals surface area contributed by atoms with E-state index in [1.165, 1.54) is 0 Å². The summed E-state index contributed by atoms with van der Waals surface area (Å²) >= 11 is 0. The maximum absolute atomic E-state index is 12.5. The number of benzene rings is 1. The molecule has 0 aromatic heterocycles. The Kier molecular flexibility index (Phi) is 8.56. The molecule has 33 heavy (non-hydrogen) atoms. The van der Waals surface area contributed by atoms with Crippen LogP contribution in [0.5, 0.6) is 11.5 Å². The van der Waals surface area contributed by atoms with Crippen molar-refractivity contribution in [3.05, 3.63) is 23.8 Å². The van der Waals surface area contributed by atoms with Gasteiger partial charge in [0.25, 0.3) is 0 Å². The molecule has 0 saturated carbocycles. The zero-order valence-corrected chi connectivity index (χ0v) is 20.2. The fourth-order valence-electron chi connectivity index (χ4n) is 4.06. The van der Waals surface area contributed by atoms with Crippen molar-refractivity contribution in [3.8, 4) is 11.5 Å². The third-order valence-corrected chi connectivity index (χ3v) is 5.68. The SMILES string of the molecule is COCCOCCOc1ccc(C2=N[C@H]([C@H]3CC[C@H](C(=O)OC(C)(C)C)N3C)CO2)c(O)c1. The van der Waals surface area contributed by atoms with Crippen LogP contribution in [0.1, 0.15) is 39.2 Å². The molecule has 2 aliphatic rings. The van der Waals surface area contributed by atoms with Crippen LogP contribution >= 0.6 is 0 Å². The molecular formula is C24H36N2O7. The maximum Gasteiger partial charge on any atom is 0.323 e. The standard InChI is InChI=1S/C24H36N2O7/c1-24(2,3)33-23(28)20-9-8-19(26(20)4)18-15-32-22(25-18)17-7-6-16(14-21(17)27)31-13-12-30-11-10-29-5/h6-7,14,18-20,27H,8-13,15H2,1-5H3/t18-,19+,20+/m0/s1. The number of ether oxygens (including phenoxy) is 5. The smallest absolute Gasteiger partial charge is 0.323 e. The van der Waals surface area contributed by atoms with Crippen LogP contribution in [-0.2, 0) is 23.7 Å². The fourth-order valence-corrected chi connectivity index (χ4v) is 4.06. The predicted molar refractivity (Wildman–Crippen MR) is 123 cm³/mol. The number of aliphatic imine (C=N–C) groups is 1. The van der Waals surface area contributed by atoms with E-state index in [0.717, 1.165) is 12.8 Å². The van der Waals surface area contributed by atoms with Gasteiger partial charge >= 0.3 is 5.97 Å². The van der Waals surface area contributed by atoms with Crippen LogP contribution in [0.15, 0.2) is 23.2 Å². The highest BCUT2D eigenvalue weighted by atomic mass is 16.6. The van der Waals surface area contributed by atoms with Crippen LogP contribution in [0.3, 0.4) is 0 Å².